The van der Waals surface area contributed by atoms with Crippen molar-refractivity contribution in [3.05, 3.63) is 0 Å². The van der Waals surface area contributed by atoms with Crippen LogP contribution in [-0.4, -0.2) is 30.0 Å². The molecule has 1 unspecified atom stereocenters. The maximum Gasteiger partial charge on any atom is 0.697 e. The van der Waals surface area contributed by atoms with E-state index in [2.05, 4.69) is 23.1 Å². The second-order valence-corrected chi connectivity index (χ2v) is 3.20. The van der Waals surface area contributed by atoms with Crippen molar-refractivity contribution in [2.45, 2.75) is 33.1 Å². The lowest BCUT2D eigenvalue weighted by Crippen LogP contribution is -1.99. The average molecular weight is 227 g/mol. The summed E-state index contributed by atoms with van der Waals surface area (Å²) in [5, 5.41) is 8.25. The molecule has 0 radical (unpaired) electrons. The molecule has 0 aliphatic heterocycles. The predicted octanol–water partition coefficient (Wildman–Crippen LogP) is 1.82. The van der Waals surface area contributed by atoms with Gasteiger partial charge in [-0.05, 0) is 6.42 Å². The van der Waals surface area contributed by atoms with E-state index in [1.165, 1.54) is 12.8 Å². The van der Waals surface area contributed by atoms with E-state index in [-0.39, 0.29) is 13.4 Å². The zero-order valence-electron chi connectivity index (χ0n) is 8.81. The second-order valence-electron chi connectivity index (χ2n) is 2.47. The van der Waals surface area contributed by atoms with Gasteiger partial charge >= 0.3 is 8.25 Å². The predicted molar refractivity (Wildman–Crippen MR) is 54.0 cm³/mol. The third-order valence-electron chi connectivity index (χ3n) is 1.19. The van der Waals surface area contributed by atoms with Gasteiger partial charge in [-0.1, -0.05) is 31.2 Å². The van der Waals surface area contributed by atoms with Crippen LogP contribution < -0.4 is 0 Å². The summed E-state index contributed by atoms with van der Waals surface area (Å²) in [6.45, 7) is 4.54. The first-order chi connectivity index (χ1) is 6.68. The van der Waals surface area contributed by atoms with Crippen LogP contribution in [0.4, 0.5) is 0 Å². The summed E-state index contributed by atoms with van der Waals surface area (Å²) in [5.41, 5.74) is 0. The topological polar surface area (TPSA) is 76.0 Å². The highest BCUT2D eigenvalue weighted by Crippen LogP contribution is 2.13. The van der Waals surface area contributed by atoms with Gasteiger partial charge in [0.15, 0.2) is 0 Å². The van der Waals surface area contributed by atoms with Crippen LogP contribution in [0.15, 0.2) is 0 Å². The summed E-state index contributed by atoms with van der Waals surface area (Å²) in [7, 11) is -2.56. The van der Waals surface area contributed by atoms with Crippen LogP contribution in [0.5, 0.6) is 0 Å². The first kappa shape index (κ1) is 16.4. The van der Waals surface area contributed by atoms with E-state index in [1.54, 1.807) is 0 Å². The van der Waals surface area contributed by atoms with Crippen LogP contribution in [0.1, 0.15) is 33.1 Å². The molecule has 1 atom stereocenters. The van der Waals surface area contributed by atoms with Crippen LogP contribution >= 0.6 is 8.25 Å². The fraction of sp³-hybridized carbons (Fsp3) is 1.00. The number of unbranched alkanes of at least 4 members (excludes halogenated alkanes) is 1. The van der Waals surface area contributed by atoms with E-state index in [4.69, 9.17) is 10.00 Å². The van der Waals surface area contributed by atoms with Gasteiger partial charge in [0.25, 0.3) is 0 Å². The minimum Gasteiger partial charge on any atom is -0.396 e. The summed E-state index contributed by atoms with van der Waals surface area (Å²) < 4.78 is 18.6. The minimum absolute atomic E-state index is 0.0469. The lowest BCUT2D eigenvalue weighted by Gasteiger charge is -1.94. The Morgan fingerprint density at radius 2 is 1.86 bits per heavy atom. The molecule has 0 rings (SSSR count). The lowest BCUT2D eigenvalue weighted by molar-refractivity contribution is 0.00843. The molecule has 0 bridgehead atoms. The highest BCUT2D eigenvalue weighted by molar-refractivity contribution is 7.32. The molecule has 0 aliphatic rings. The molecule has 0 aromatic carbocycles. The van der Waals surface area contributed by atoms with Crippen molar-refractivity contribution >= 4 is 8.25 Å². The summed E-state index contributed by atoms with van der Waals surface area (Å²) in [5.74, 6) is 0. The summed E-state index contributed by atoms with van der Waals surface area (Å²) in [4.78, 5) is 8.07. The highest BCUT2D eigenvalue weighted by atomic mass is 31.1. The first-order valence-electron chi connectivity index (χ1n) is 4.66. The van der Waals surface area contributed by atoms with Crippen LogP contribution in [0.25, 0.3) is 0 Å². The maximum absolute atomic E-state index is 9.83. The van der Waals surface area contributed by atoms with Crippen LogP contribution in [0.3, 0.4) is 0 Å². The van der Waals surface area contributed by atoms with Crippen molar-refractivity contribution < 1.29 is 23.8 Å². The molecule has 14 heavy (non-hydrogen) atoms. The molecule has 2 N–H and O–H groups in total. The van der Waals surface area contributed by atoms with Crippen molar-refractivity contribution in [2.75, 3.05) is 20.0 Å². The molecule has 0 saturated heterocycles. The number of hydrogen-bond donors (Lipinski definition) is 2. The molecule has 86 valence electrons. The van der Waals surface area contributed by atoms with E-state index < -0.39 is 8.25 Å². The van der Waals surface area contributed by atoms with E-state index in [9.17, 15) is 4.57 Å². The normalized spacial score (nSPS) is 10.4. The average Bonchev–Trinajstić information content (AvgIpc) is 2.18. The van der Waals surface area contributed by atoms with Gasteiger partial charge < -0.3 is 9.84 Å². The first-order valence-corrected chi connectivity index (χ1v) is 5.79. The molecule has 0 saturated carbocycles. The Labute approximate surface area is 86.0 Å². The highest BCUT2D eigenvalue weighted by Gasteiger charge is 2.10. The number of aliphatic hydroxyl groups is 1. The van der Waals surface area contributed by atoms with E-state index in [0.717, 1.165) is 0 Å². The Bertz CT molecular complexity index is 118. The largest absolute Gasteiger partial charge is 0.697 e. The summed E-state index contributed by atoms with van der Waals surface area (Å²) in [6.07, 6.45) is 3.14. The zero-order chi connectivity index (χ0) is 11.2. The Morgan fingerprint density at radius 1 is 1.29 bits per heavy atom. The van der Waals surface area contributed by atoms with Crippen molar-refractivity contribution in [2.24, 2.45) is 0 Å². The standard InChI is InChI=1S/C4H9O5P.C4H10/c5-2-1-3-8-4-9-10(6)7;1-3-4-2/h5H,1-4H2;3-4H2,1-2H3/p+1. The van der Waals surface area contributed by atoms with Crippen LogP contribution in [-0.2, 0) is 13.8 Å². The van der Waals surface area contributed by atoms with E-state index in [1.807, 2.05) is 0 Å². The minimum atomic E-state index is -2.56. The third kappa shape index (κ3) is 22.7. The van der Waals surface area contributed by atoms with Gasteiger partial charge in [0.05, 0.1) is 6.61 Å². The smallest absolute Gasteiger partial charge is 0.396 e. The van der Waals surface area contributed by atoms with Gasteiger partial charge in [0, 0.05) is 11.2 Å². The molecular formula is C8H20O5P+. The maximum atomic E-state index is 9.83. The lowest BCUT2D eigenvalue weighted by atomic mass is 10.4. The number of hydrogen-bond acceptors (Lipinski definition) is 4. The van der Waals surface area contributed by atoms with Crippen LogP contribution in [0.2, 0.25) is 0 Å². The van der Waals surface area contributed by atoms with E-state index >= 15 is 0 Å². The number of rotatable bonds is 7. The fourth-order valence-corrected chi connectivity index (χ4v) is 0.473. The zero-order valence-corrected chi connectivity index (χ0v) is 9.70. The monoisotopic (exact) mass is 227 g/mol. The van der Waals surface area contributed by atoms with Gasteiger partial charge in [-0.3, -0.25) is 0 Å². The molecule has 0 fully saturated rings. The molecule has 5 nitrogen and oxygen atoms in total. The molecular weight excluding hydrogens is 207 g/mol. The third-order valence-corrected chi connectivity index (χ3v) is 1.52. The molecule has 0 aliphatic carbocycles. The van der Waals surface area contributed by atoms with Gasteiger partial charge in [-0.25, -0.2) is 0 Å². The molecule has 0 aromatic rings. The van der Waals surface area contributed by atoms with Crippen molar-refractivity contribution in [3.8, 4) is 0 Å². The molecule has 0 spiro atoms. The summed E-state index contributed by atoms with van der Waals surface area (Å²) in [6, 6.07) is 0. The van der Waals surface area contributed by atoms with Crippen molar-refractivity contribution in [3.63, 3.8) is 0 Å². The Kier molecular flexibility index (Phi) is 18.0. The molecule has 0 aromatic heterocycles. The Morgan fingerprint density at radius 3 is 2.21 bits per heavy atom. The summed E-state index contributed by atoms with van der Waals surface area (Å²) >= 11 is 0. The van der Waals surface area contributed by atoms with Gasteiger partial charge in [0.2, 0.25) is 6.79 Å². The molecule has 6 heteroatoms. The number of aliphatic hydroxyl groups excluding tert-OH is 1. The molecule has 0 heterocycles. The fourth-order valence-electron chi connectivity index (χ4n) is 0.308. The van der Waals surface area contributed by atoms with Gasteiger partial charge in [-0.15, -0.1) is 4.89 Å². The Hall–Kier alpha value is -0.0600. The van der Waals surface area contributed by atoms with Gasteiger partial charge in [0.1, 0.15) is 0 Å². The number of ether oxygens (including phenoxy) is 1. The SMILES string of the molecule is CCCC.O=[P+](O)OCOCCCO. The van der Waals surface area contributed by atoms with Crippen molar-refractivity contribution in [1.29, 1.82) is 0 Å². The van der Waals surface area contributed by atoms with E-state index in [0.29, 0.717) is 13.0 Å². The van der Waals surface area contributed by atoms with Crippen molar-refractivity contribution in [1.82, 2.24) is 0 Å². The van der Waals surface area contributed by atoms with Gasteiger partial charge in [-0.2, -0.15) is 0 Å². The second kappa shape index (κ2) is 15.4. The molecule has 0 amide bonds. The Balaban J connectivity index is 0. The van der Waals surface area contributed by atoms with Crippen LogP contribution in [0, 0.1) is 0 Å². The quantitative estimate of drug-likeness (QED) is 0.394.